The van der Waals surface area contributed by atoms with Crippen molar-refractivity contribution in [2.75, 3.05) is 33.2 Å². The number of thiazole rings is 1. The van der Waals surface area contributed by atoms with Crippen molar-refractivity contribution in [3.63, 3.8) is 0 Å². The predicted molar refractivity (Wildman–Crippen MR) is 58.3 cm³/mol. The van der Waals surface area contributed by atoms with Crippen molar-refractivity contribution in [2.24, 2.45) is 0 Å². The highest BCUT2D eigenvalue weighted by molar-refractivity contribution is 7.09. The Labute approximate surface area is 98.3 Å². The molecule has 2 heterocycles. The lowest BCUT2D eigenvalue weighted by Crippen LogP contribution is -3.11. The number of aromatic carboxylic acids is 1. The molecule has 0 aromatic carbocycles. The van der Waals surface area contributed by atoms with Crippen LogP contribution in [-0.4, -0.2) is 49.1 Å². The molecule has 1 aromatic rings. The normalized spacial score (nSPS) is 18.8. The lowest BCUT2D eigenvalue weighted by molar-refractivity contribution is -0.884. The molecule has 1 aliphatic heterocycles. The first-order chi connectivity index (χ1) is 7.65. The topological polar surface area (TPSA) is 60.7 Å². The van der Waals surface area contributed by atoms with Crippen LogP contribution >= 0.6 is 11.3 Å². The van der Waals surface area contributed by atoms with Gasteiger partial charge >= 0.3 is 0 Å². The van der Waals surface area contributed by atoms with Gasteiger partial charge in [0.15, 0.2) is 0 Å². The fourth-order valence-corrected chi connectivity index (χ4v) is 2.57. The van der Waals surface area contributed by atoms with Crippen LogP contribution in [0.2, 0.25) is 0 Å². The van der Waals surface area contributed by atoms with Gasteiger partial charge in [-0.25, -0.2) is 4.98 Å². The maximum absolute atomic E-state index is 10.6. The average Bonchev–Trinajstić information content (AvgIpc) is 2.70. The molecule has 0 unspecified atom stereocenters. The number of likely N-dealkylation sites (N-methyl/N-ethyl adjacent to an activating group) is 1. The number of quaternary nitrogens is 1. The molecular weight excluding hydrogens is 226 g/mol. The van der Waals surface area contributed by atoms with Crippen LogP contribution in [-0.2, 0) is 6.54 Å². The molecular formula is C10H15N3O2S. The highest BCUT2D eigenvalue weighted by Gasteiger charge is 2.17. The van der Waals surface area contributed by atoms with Crippen LogP contribution in [0.1, 0.15) is 15.5 Å². The Morgan fingerprint density at radius 3 is 2.88 bits per heavy atom. The van der Waals surface area contributed by atoms with Gasteiger partial charge in [-0.15, -0.1) is 11.3 Å². The molecule has 1 aliphatic rings. The molecule has 0 spiro atoms. The molecule has 6 heteroatoms. The molecule has 0 amide bonds. The second kappa shape index (κ2) is 4.90. The number of hydrogen-bond acceptors (Lipinski definition) is 5. The minimum atomic E-state index is -1.19. The van der Waals surface area contributed by atoms with Gasteiger partial charge in [-0.2, -0.15) is 0 Å². The number of carboxylic acid groups (broad SMARTS) is 1. The Morgan fingerprint density at radius 1 is 1.62 bits per heavy atom. The second-order valence-electron chi connectivity index (χ2n) is 4.15. The van der Waals surface area contributed by atoms with E-state index < -0.39 is 5.97 Å². The molecule has 0 saturated carbocycles. The van der Waals surface area contributed by atoms with Gasteiger partial charge in [0.1, 0.15) is 5.01 Å². The van der Waals surface area contributed by atoms with Crippen LogP contribution in [0.4, 0.5) is 0 Å². The second-order valence-corrected chi connectivity index (χ2v) is 5.09. The third-order valence-electron chi connectivity index (χ3n) is 2.83. The molecule has 1 saturated heterocycles. The van der Waals surface area contributed by atoms with Gasteiger partial charge < -0.3 is 14.8 Å². The van der Waals surface area contributed by atoms with Crippen LogP contribution < -0.4 is 10.0 Å². The lowest BCUT2D eigenvalue weighted by Gasteiger charge is -2.29. The number of carboxylic acids is 1. The van der Waals surface area contributed by atoms with E-state index in [1.165, 1.54) is 11.3 Å². The van der Waals surface area contributed by atoms with Crippen molar-refractivity contribution >= 4 is 17.3 Å². The Balaban J connectivity index is 1.91. The van der Waals surface area contributed by atoms with E-state index in [-0.39, 0.29) is 5.69 Å². The van der Waals surface area contributed by atoms with E-state index in [1.807, 2.05) is 0 Å². The Kier molecular flexibility index (Phi) is 3.52. The molecule has 1 fully saturated rings. The fourth-order valence-electron chi connectivity index (χ4n) is 1.76. The van der Waals surface area contributed by atoms with E-state index >= 15 is 0 Å². The quantitative estimate of drug-likeness (QED) is 0.655. The van der Waals surface area contributed by atoms with E-state index in [1.54, 1.807) is 10.3 Å². The van der Waals surface area contributed by atoms with Crippen LogP contribution in [0.25, 0.3) is 0 Å². The summed E-state index contributed by atoms with van der Waals surface area (Å²) in [4.78, 5) is 18.5. The molecule has 0 bridgehead atoms. The van der Waals surface area contributed by atoms with E-state index in [9.17, 15) is 9.90 Å². The molecule has 0 radical (unpaired) electrons. The van der Waals surface area contributed by atoms with E-state index in [2.05, 4.69) is 16.9 Å². The highest BCUT2D eigenvalue weighted by Crippen LogP contribution is 2.11. The zero-order valence-electron chi connectivity index (χ0n) is 9.23. The fraction of sp³-hybridized carbons (Fsp3) is 0.600. The minimum Gasteiger partial charge on any atom is -0.543 e. The first-order valence-electron chi connectivity index (χ1n) is 5.34. The minimum absolute atomic E-state index is 0.0553. The third kappa shape index (κ3) is 2.78. The molecule has 88 valence electrons. The van der Waals surface area contributed by atoms with Crippen molar-refractivity contribution in [3.8, 4) is 0 Å². The average molecular weight is 241 g/mol. The first-order valence-corrected chi connectivity index (χ1v) is 6.22. The van der Waals surface area contributed by atoms with Crippen LogP contribution in [0.3, 0.4) is 0 Å². The maximum Gasteiger partial charge on any atom is 0.107 e. The summed E-state index contributed by atoms with van der Waals surface area (Å²) in [5.41, 5.74) is 0.0553. The standard InChI is InChI=1S/C10H15N3O2S/c1-12-2-4-13(5-3-12)6-9-11-8(7-16-9)10(14)15/h7H,2-6H2,1H3,(H,14,15). The summed E-state index contributed by atoms with van der Waals surface area (Å²) >= 11 is 1.39. The number of nitrogens with zero attached hydrogens (tertiary/aromatic N) is 2. The molecule has 0 atom stereocenters. The van der Waals surface area contributed by atoms with Gasteiger partial charge in [-0.3, -0.25) is 4.90 Å². The first kappa shape index (κ1) is 11.5. The van der Waals surface area contributed by atoms with Gasteiger partial charge in [-0.1, -0.05) is 0 Å². The van der Waals surface area contributed by atoms with Gasteiger partial charge in [0.2, 0.25) is 0 Å². The van der Waals surface area contributed by atoms with E-state index in [0.717, 1.165) is 37.7 Å². The summed E-state index contributed by atoms with van der Waals surface area (Å²) < 4.78 is 0. The molecule has 5 nitrogen and oxygen atoms in total. The van der Waals surface area contributed by atoms with Crippen molar-refractivity contribution in [2.45, 2.75) is 6.54 Å². The number of hydrogen-bond donors (Lipinski definition) is 1. The van der Waals surface area contributed by atoms with Gasteiger partial charge in [0, 0.05) is 18.5 Å². The summed E-state index contributed by atoms with van der Waals surface area (Å²) in [5.74, 6) is -1.19. The van der Waals surface area contributed by atoms with Gasteiger partial charge in [0.25, 0.3) is 0 Å². The van der Waals surface area contributed by atoms with Crippen molar-refractivity contribution < 1.29 is 14.8 Å². The summed E-state index contributed by atoms with van der Waals surface area (Å²) in [6, 6.07) is 0. The highest BCUT2D eigenvalue weighted by atomic mass is 32.1. The SMILES string of the molecule is C[NH+]1CCN(Cc2nc(C(=O)[O-])cs2)CC1. The summed E-state index contributed by atoms with van der Waals surface area (Å²) in [6.07, 6.45) is 0. The largest absolute Gasteiger partial charge is 0.543 e. The zero-order chi connectivity index (χ0) is 11.5. The third-order valence-corrected chi connectivity index (χ3v) is 3.66. The smallest absolute Gasteiger partial charge is 0.107 e. The number of piperazine rings is 1. The number of rotatable bonds is 3. The molecule has 1 aromatic heterocycles. The molecule has 16 heavy (non-hydrogen) atoms. The van der Waals surface area contributed by atoms with Gasteiger partial charge in [0.05, 0.1) is 38.3 Å². The van der Waals surface area contributed by atoms with Crippen molar-refractivity contribution in [3.05, 3.63) is 16.1 Å². The van der Waals surface area contributed by atoms with Crippen molar-refractivity contribution in [1.29, 1.82) is 0 Å². The maximum atomic E-state index is 10.6. The number of nitrogens with one attached hydrogen (secondary N) is 1. The molecule has 0 aliphatic carbocycles. The summed E-state index contributed by atoms with van der Waals surface area (Å²) in [5, 5.41) is 13.0. The van der Waals surface area contributed by atoms with Crippen LogP contribution in [0.5, 0.6) is 0 Å². The molecule has 2 rings (SSSR count). The lowest BCUT2D eigenvalue weighted by atomic mass is 10.3. The number of aromatic nitrogens is 1. The summed E-state index contributed by atoms with van der Waals surface area (Å²) in [6.45, 7) is 5.13. The van der Waals surface area contributed by atoms with E-state index in [4.69, 9.17) is 0 Å². The van der Waals surface area contributed by atoms with Crippen molar-refractivity contribution in [1.82, 2.24) is 9.88 Å². The number of carbonyl (C=O) groups is 1. The predicted octanol–water partition coefficient (Wildman–Crippen LogP) is -2.16. The van der Waals surface area contributed by atoms with Crippen LogP contribution in [0.15, 0.2) is 5.38 Å². The Hall–Kier alpha value is -0.980. The Morgan fingerprint density at radius 2 is 2.31 bits per heavy atom. The van der Waals surface area contributed by atoms with Crippen LogP contribution in [0, 0.1) is 0 Å². The number of carbonyl (C=O) groups excluding carboxylic acids is 1. The Bertz CT molecular complexity index is 372. The van der Waals surface area contributed by atoms with Gasteiger partial charge in [-0.05, 0) is 0 Å². The molecule has 1 N–H and O–H groups in total. The summed E-state index contributed by atoms with van der Waals surface area (Å²) in [7, 11) is 2.19. The zero-order valence-corrected chi connectivity index (χ0v) is 10.0. The monoisotopic (exact) mass is 241 g/mol. The van der Waals surface area contributed by atoms with E-state index in [0.29, 0.717) is 0 Å².